The summed E-state index contributed by atoms with van der Waals surface area (Å²) in [6.07, 6.45) is 13.4. The second kappa shape index (κ2) is 8.10. The maximum absolute atomic E-state index is 11.9. The summed E-state index contributed by atoms with van der Waals surface area (Å²) < 4.78 is 5.81. The third-order valence-corrected chi connectivity index (χ3v) is 14.4. The van der Waals surface area contributed by atoms with E-state index < -0.39 is 0 Å². The van der Waals surface area contributed by atoms with Gasteiger partial charge in [-0.05, 0) is 128 Å². The average molecular weight is 483 g/mol. The van der Waals surface area contributed by atoms with Crippen LogP contribution in [0.3, 0.4) is 0 Å². The number of hydrogen-bond acceptors (Lipinski definition) is 2. The number of carbonyl (C=O) groups is 1. The van der Waals surface area contributed by atoms with Crippen molar-refractivity contribution in [2.75, 3.05) is 6.61 Å². The molecule has 5 rings (SSSR count). The second-order valence-corrected chi connectivity index (χ2v) is 15.6. The quantitative estimate of drug-likeness (QED) is 0.296. The highest BCUT2D eigenvalue weighted by atomic mass is 16.5. The number of rotatable bonds is 3. The van der Waals surface area contributed by atoms with Crippen LogP contribution in [-0.2, 0) is 9.53 Å². The molecular formula is C33H54O2. The number of carbonyl (C=O) groups excluding carboxylic acids is 1. The van der Waals surface area contributed by atoms with E-state index in [4.69, 9.17) is 4.74 Å². The number of allylic oxidation sites excluding steroid dienone is 1. The molecule has 2 unspecified atom stereocenters. The molecule has 0 aliphatic heterocycles. The van der Waals surface area contributed by atoms with Gasteiger partial charge < -0.3 is 4.74 Å². The summed E-state index contributed by atoms with van der Waals surface area (Å²) in [6, 6.07) is 0. The van der Waals surface area contributed by atoms with Crippen LogP contribution in [0.5, 0.6) is 0 Å². The summed E-state index contributed by atoms with van der Waals surface area (Å²) in [5.41, 5.74) is 3.26. The SMILES string of the molecule is C=C(C)C1CC[C@]2(COC(C)=O)CC[C@]3(C)[C@H](CC[C@@H]4[C@@]5(C)CC[C@H](C)C(C)(C)[C@@H]5CC[C@]43C)C12. The van der Waals surface area contributed by atoms with Crippen LogP contribution in [-0.4, -0.2) is 12.6 Å². The Balaban J connectivity index is 1.53. The first-order valence-electron chi connectivity index (χ1n) is 15.0. The van der Waals surface area contributed by atoms with E-state index in [9.17, 15) is 4.79 Å². The Kier molecular flexibility index (Phi) is 5.98. The number of esters is 1. The fraction of sp³-hybridized carbons (Fsp3) is 0.909. The third kappa shape index (κ3) is 3.35. The molecule has 5 aliphatic carbocycles. The highest BCUT2D eigenvalue weighted by molar-refractivity contribution is 5.65. The lowest BCUT2D eigenvalue weighted by atomic mass is 9.32. The largest absolute Gasteiger partial charge is 0.465 e. The normalized spacial score (nSPS) is 52.5. The van der Waals surface area contributed by atoms with E-state index in [0.717, 1.165) is 23.7 Å². The van der Waals surface area contributed by atoms with Crippen LogP contribution in [0.1, 0.15) is 120 Å². The van der Waals surface area contributed by atoms with Crippen LogP contribution in [0.25, 0.3) is 0 Å². The molecule has 10 atom stereocenters. The molecule has 5 saturated carbocycles. The molecule has 35 heavy (non-hydrogen) atoms. The van der Waals surface area contributed by atoms with Crippen molar-refractivity contribution in [3.63, 3.8) is 0 Å². The Labute approximate surface area is 216 Å². The molecule has 5 fully saturated rings. The minimum absolute atomic E-state index is 0.110. The van der Waals surface area contributed by atoms with Crippen molar-refractivity contribution in [2.24, 2.45) is 62.6 Å². The van der Waals surface area contributed by atoms with Crippen molar-refractivity contribution in [2.45, 2.75) is 120 Å². The zero-order valence-corrected chi connectivity index (χ0v) is 24.3. The first kappa shape index (κ1) is 25.8. The maximum Gasteiger partial charge on any atom is 0.302 e. The molecule has 0 aromatic rings. The van der Waals surface area contributed by atoms with Crippen LogP contribution in [0.4, 0.5) is 0 Å². The molecule has 0 aromatic heterocycles. The molecule has 5 aliphatic rings. The molecule has 0 spiro atoms. The van der Waals surface area contributed by atoms with E-state index >= 15 is 0 Å². The molecule has 2 nitrogen and oxygen atoms in total. The first-order chi connectivity index (χ1) is 16.2. The summed E-state index contributed by atoms with van der Waals surface area (Å²) in [7, 11) is 0. The van der Waals surface area contributed by atoms with Crippen LogP contribution in [0, 0.1) is 62.6 Å². The van der Waals surface area contributed by atoms with Gasteiger partial charge in [0.25, 0.3) is 0 Å². The van der Waals surface area contributed by atoms with Gasteiger partial charge in [-0.2, -0.15) is 0 Å². The van der Waals surface area contributed by atoms with Gasteiger partial charge >= 0.3 is 5.97 Å². The number of hydrogen-bond donors (Lipinski definition) is 0. The monoisotopic (exact) mass is 482 g/mol. The molecule has 0 radical (unpaired) electrons. The lowest BCUT2D eigenvalue weighted by Gasteiger charge is -2.73. The van der Waals surface area contributed by atoms with Crippen LogP contribution >= 0.6 is 0 Å². The van der Waals surface area contributed by atoms with E-state index in [2.05, 4.69) is 55.0 Å². The second-order valence-electron chi connectivity index (χ2n) is 15.6. The molecule has 0 N–H and O–H groups in total. The van der Waals surface area contributed by atoms with Crippen molar-refractivity contribution in [3.05, 3.63) is 12.2 Å². The Morgan fingerprint density at radius 3 is 2.20 bits per heavy atom. The standard InChI is InChI=1S/C33H54O2/c1-21(2)24-13-17-33(20-35-23(4)34)19-18-31(8)25(28(24)33)10-11-27-30(7)15-12-22(3)29(5,6)26(30)14-16-32(27,31)9/h22,24-28H,1,10-20H2,2-9H3/t22-,24?,25+,26-,27+,28?,30-,31+,32+,33+/m0/s1. The Morgan fingerprint density at radius 2 is 1.54 bits per heavy atom. The number of fused-ring (bicyclic) bond motifs is 7. The summed E-state index contributed by atoms with van der Waals surface area (Å²) in [4.78, 5) is 11.9. The van der Waals surface area contributed by atoms with Gasteiger partial charge in [0.05, 0.1) is 6.61 Å². The van der Waals surface area contributed by atoms with Crippen molar-refractivity contribution in [1.29, 1.82) is 0 Å². The highest BCUT2D eigenvalue weighted by Gasteiger charge is 2.70. The molecular weight excluding hydrogens is 428 g/mol. The molecule has 0 aromatic carbocycles. The zero-order chi connectivity index (χ0) is 25.6. The molecule has 0 bridgehead atoms. The minimum Gasteiger partial charge on any atom is -0.465 e. The van der Waals surface area contributed by atoms with Crippen molar-refractivity contribution in [1.82, 2.24) is 0 Å². The fourth-order valence-corrected chi connectivity index (χ4v) is 12.0. The molecule has 2 heteroatoms. The van der Waals surface area contributed by atoms with Crippen LogP contribution < -0.4 is 0 Å². The van der Waals surface area contributed by atoms with E-state index in [1.165, 1.54) is 69.8 Å². The Morgan fingerprint density at radius 1 is 0.829 bits per heavy atom. The predicted octanol–water partition coefficient (Wildman–Crippen LogP) is 8.84. The summed E-state index contributed by atoms with van der Waals surface area (Å²) >= 11 is 0. The zero-order valence-electron chi connectivity index (χ0n) is 24.3. The van der Waals surface area contributed by atoms with Gasteiger partial charge in [-0.25, -0.2) is 0 Å². The van der Waals surface area contributed by atoms with Gasteiger partial charge in [-0.1, -0.05) is 53.7 Å². The maximum atomic E-state index is 11.9. The van der Waals surface area contributed by atoms with Gasteiger partial charge in [0, 0.05) is 12.3 Å². The van der Waals surface area contributed by atoms with Gasteiger partial charge in [0.1, 0.15) is 0 Å². The predicted molar refractivity (Wildman–Crippen MR) is 145 cm³/mol. The highest BCUT2D eigenvalue weighted by Crippen LogP contribution is 2.77. The van der Waals surface area contributed by atoms with E-state index in [1.807, 2.05) is 0 Å². The Hall–Kier alpha value is -0.790. The van der Waals surface area contributed by atoms with E-state index in [-0.39, 0.29) is 11.4 Å². The average Bonchev–Trinajstić information content (AvgIpc) is 3.16. The smallest absolute Gasteiger partial charge is 0.302 e. The first-order valence-corrected chi connectivity index (χ1v) is 15.0. The van der Waals surface area contributed by atoms with E-state index in [1.54, 1.807) is 6.92 Å². The molecule has 198 valence electrons. The molecule has 0 heterocycles. The van der Waals surface area contributed by atoms with Crippen LogP contribution in [0.15, 0.2) is 12.2 Å². The van der Waals surface area contributed by atoms with Crippen molar-refractivity contribution < 1.29 is 9.53 Å². The lowest BCUT2D eigenvalue weighted by Crippen LogP contribution is -2.66. The fourth-order valence-electron chi connectivity index (χ4n) is 12.0. The van der Waals surface area contributed by atoms with Gasteiger partial charge in [-0.15, -0.1) is 0 Å². The molecule has 0 saturated heterocycles. The summed E-state index contributed by atoms with van der Waals surface area (Å²) in [5.74, 6) is 4.38. The van der Waals surface area contributed by atoms with Gasteiger partial charge in [-0.3, -0.25) is 4.79 Å². The summed E-state index contributed by atoms with van der Waals surface area (Å²) in [6.45, 7) is 24.9. The van der Waals surface area contributed by atoms with Gasteiger partial charge in [0.15, 0.2) is 0 Å². The van der Waals surface area contributed by atoms with Gasteiger partial charge in [0.2, 0.25) is 0 Å². The lowest BCUT2D eigenvalue weighted by molar-refractivity contribution is -0.244. The Bertz CT molecular complexity index is 888. The van der Waals surface area contributed by atoms with Crippen molar-refractivity contribution >= 4 is 5.97 Å². The van der Waals surface area contributed by atoms with Crippen molar-refractivity contribution in [3.8, 4) is 0 Å². The summed E-state index contributed by atoms with van der Waals surface area (Å²) in [5, 5.41) is 0. The van der Waals surface area contributed by atoms with E-state index in [0.29, 0.717) is 40.1 Å². The van der Waals surface area contributed by atoms with Crippen LogP contribution in [0.2, 0.25) is 0 Å². The topological polar surface area (TPSA) is 26.3 Å². The number of ether oxygens (including phenoxy) is 1. The third-order valence-electron chi connectivity index (χ3n) is 14.4. The molecule has 0 amide bonds. The minimum atomic E-state index is -0.110.